The smallest absolute Gasteiger partial charge is 0.200 e. The molecule has 0 amide bonds. The molecule has 0 unspecified atom stereocenters. The zero-order chi connectivity index (χ0) is 24.8. The summed E-state index contributed by atoms with van der Waals surface area (Å²) >= 11 is 0. The molecule has 4 heteroatoms. The lowest BCUT2D eigenvalue weighted by Crippen LogP contribution is -2.14. The predicted octanol–water partition coefficient (Wildman–Crippen LogP) is 9.38. The molecule has 0 heterocycles. The van der Waals surface area contributed by atoms with Gasteiger partial charge in [-0.25, -0.2) is 8.78 Å². The van der Waals surface area contributed by atoms with Crippen LogP contribution in [0.4, 0.5) is 13.2 Å². The van der Waals surface area contributed by atoms with Gasteiger partial charge in [0.25, 0.3) is 0 Å². The molecule has 0 N–H and O–H groups in total. The van der Waals surface area contributed by atoms with Crippen LogP contribution in [0.2, 0.25) is 0 Å². The van der Waals surface area contributed by atoms with Crippen molar-refractivity contribution in [3.05, 3.63) is 88.7 Å². The van der Waals surface area contributed by atoms with Crippen LogP contribution >= 0.6 is 0 Å². The molecule has 0 aromatic heterocycles. The number of hydrogen-bond acceptors (Lipinski definition) is 1. The Balaban J connectivity index is 1.38. The SMILES string of the molecule is CCCCc1ccc(-c2ccc(COc3ccc(C4CCC(CC)CC4)c(F)c3F)cc2)cc1F. The molecule has 4 rings (SSSR count). The largest absolute Gasteiger partial charge is 0.486 e. The van der Waals surface area contributed by atoms with Crippen molar-refractivity contribution in [2.45, 2.75) is 77.7 Å². The standard InChI is InChI=1S/C31H35F3O/c1-3-5-6-25-15-16-26(19-28(25)32)23-11-9-22(10-12-23)20-35-29-18-17-27(30(33)31(29)34)24-13-7-21(4-2)8-14-24/h9-12,15-19,21,24H,3-8,13-14,20H2,1-2H3. The van der Waals surface area contributed by atoms with Crippen molar-refractivity contribution in [3.63, 3.8) is 0 Å². The van der Waals surface area contributed by atoms with Crippen molar-refractivity contribution in [2.24, 2.45) is 5.92 Å². The third-order valence-corrected chi connectivity index (χ3v) is 7.48. The predicted molar refractivity (Wildman–Crippen MR) is 136 cm³/mol. The van der Waals surface area contributed by atoms with Crippen molar-refractivity contribution < 1.29 is 17.9 Å². The second-order valence-corrected chi connectivity index (χ2v) is 9.80. The van der Waals surface area contributed by atoms with Crippen LogP contribution in [0.5, 0.6) is 5.75 Å². The van der Waals surface area contributed by atoms with Gasteiger partial charge in [-0.05, 0) is 90.3 Å². The fourth-order valence-electron chi connectivity index (χ4n) is 5.11. The van der Waals surface area contributed by atoms with E-state index in [9.17, 15) is 13.2 Å². The summed E-state index contributed by atoms with van der Waals surface area (Å²) in [4.78, 5) is 0. The summed E-state index contributed by atoms with van der Waals surface area (Å²) in [6.45, 7) is 4.41. The number of rotatable bonds is 9. The van der Waals surface area contributed by atoms with Crippen LogP contribution < -0.4 is 4.74 Å². The molecule has 3 aromatic carbocycles. The molecule has 1 fully saturated rings. The van der Waals surface area contributed by atoms with Crippen LogP contribution in [-0.4, -0.2) is 0 Å². The Bertz CT molecular complexity index is 1110. The van der Waals surface area contributed by atoms with Crippen molar-refractivity contribution in [1.82, 2.24) is 0 Å². The lowest BCUT2D eigenvalue weighted by molar-refractivity contribution is 0.280. The molecule has 0 spiro atoms. The van der Waals surface area contributed by atoms with E-state index >= 15 is 0 Å². The Morgan fingerprint density at radius 3 is 2.17 bits per heavy atom. The maximum absolute atomic E-state index is 14.8. The van der Waals surface area contributed by atoms with E-state index in [-0.39, 0.29) is 24.1 Å². The van der Waals surface area contributed by atoms with Crippen LogP contribution in [0.1, 0.15) is 81.4 Å². The minimum absolute atomic E-state index is 0.0673. The van der Waals surface area contributed by atoms with E-state index in [1.165, 1.54) is 0 Å². The average molecular weight is 481 g/mol. The second-order valence-electron chi connectivity index (χ2n) is 9.80. The summed E-state index contributed by atoms with van der Waals surface area (Å²) in [5.41, 5.74) is 3.76. The van der Waals surface area contributed by atoms with Gasteiger partial charge in [0.1, 0.15) is 12.4 Å². The minimum Gasteiger partial charge on any atom is -0.486 e. The van der Waals surface area contributed by atoms with E-state index in [1.54, 1.807) is 18.2 Å². The van der Waals surface area contributed by atoms with E-state index in [4.69, 9.17) is 4.74 Å². The zero-order valence-electron chi connectivity index (χ0n) is 20.8. The molecule has 186 valence electrons. The van der Waals surface area contributed by atoms with Gasteiger partial charge in [0, 0.05) is 0 Å². The van der Waals surface area contributed by atoms with Crippen LogP contribution in [0.3, 0.4) is 0 Å². The van der Waals surface area contributed by atoms with Crippen LogP contribution in [0.25, 0.3) is 11.1 Å². The number of aryl methyl sites for hydroxylation is 1. The van der Waals surface area contributed by atoms with Gasteiger partial charge in [0.2, 0.25) is 5.82 Å². The Morgan fingerprint density at radius 1 is 0.800 bits per heavy atom. The lowest BCUT2D eigenvalue weighted by Gasteiger charge is -2.28. The van der Waals surface area contributed by atoms with Gasteiger partial charge in [-0.3, -0.25) is 0 Å². The van der Waals surface area contributed by atoms with Crippen LogP contribution in [-0.2, 0) is 13.0 Å². The van der Waals surface area contributed by atoms with E-state index in [0.29, 0.717) is 11.5 Å². The molecular formula is C31H35F3O. The van der Waals surface area contributed by atoms with Crippen LogP contribution in [0, 0.1) is 23.4 Å². The molecule has 0 atom stereocenters. The Kier molecular flexibility index (Phi) is 8.54. The summed E-state index contributed by atoms with van der Waals surface area (Å²) in [7, 11) is 0. The number of halogens is 3. The highest BCUT2D eigenvalue weighted by Gasteiger charge is 2.26. The highest BCUT2D eigenvalue weighted by atomic mass is 19.2. The zero-order valence-corrected chi connectivity index (χ0v) is 20.8. The quantitative estimate of drug-likeness (QED) is 0.296. The first-order valence-electron chi connectivity index (χ1n) is 13.0. The molecule has 0 saturated heterocycles. The van der Waals surface area contributed by atoms with Gasteiger partial charge in [-0.2, -0.15) is 4.39 Å². The number of benzene rings is 3. The van der Waals surface area contributed by atoms with Gasteiger partial charge in [0.05, 0.1) is 0 Å². The average Bonchev–Trinajstić information content (AvgIpc) is 2.89. The fourth-order valence-corrected chi connectivity index (χ4v) is 5.11. The molecule has 1 aliphatic rings. The van der Waals surface area contributed by atoms with E-state index in [1.807, 2.05) is 36.4 Å². The van der Waals surface area contributed by atoms with E-state index < -0.39 is 11.6 Å². The number of ether oxygens (including phenoxy) is 1. The second kappa shape index (κ2) is 11.8. The highest BCUT2D eigenvalue weighted by Crippen LogP contribution is 2.39. The number of hydrogen-bond donors (Lipinski definition) is 0. The fraction of sp³-hybridized carbons (Fsp3) is 0.419. The third-order valence-electron chi connectivity index (χ3n) is 7.48. The van der Waals surface area contributed by atoms with Gasteiger partial charge in [-0.15, -0.1) is 0 Å². The van der Waals surface area contributed by atoms with Crippen molar-refractivity contribution >= 4 is 0 Å². The summed E-state index contributed by atoms with van der Waals surface area (Å²) in [5, 5.41) is 0. The first-order chi connectivity index (χ1) is 17.0. The van der Waals surface area contributed by atoms with E-state index in [0.717, 1.165) is 73.6 Å². The molecule has 3 aromatic rings. The highest BCUT2D eigenvalue weighted by molar-refractivity contribution is 5.64. The van der Waals surface area contributed by atoms with E-state index in [2.05, 4.69) is 13.8 Å². The van der Waals surface area contributed by atoms with Gasteiger partial charge < -0.3 is 4.74 Å². The van der Waals surface area contributed by atoms with Gasteiger partial charge in [-0.1, -0.05) is 69.2 Å². The Morgan fingerprint density at radius 2 is 1.51 bits per heavy atom. The summed E-state index contributed by atoms with van der Waals surface area (Å²) < 4.78 is 49.6. The molecular weight excluding hydrogens is 445 g/mol. The summed E-state index contributed by atoms with van der Waals surface area (Å²) in [6.07, 6.45) is 7.87. The third kappa shape index (κ3) is 6.09. The van der Waals surface area contributed by atoms with Gasteiger partial charge in [0.15, 0.2) is 11.6 Å². The lowest BCUT2D eigenvalue weighted by atomic mass is 9.77. The molecule has 0 radical (unpaired) electrons. The molecule has 1 nitrogen and oxygen atoms in total. The minimum atomic E-state index is -0.907. The summed E-state index contributed by atoms with van der Waals surface area (Å²) in [6, 6.07) is 16.1. The van der Waals surface area contributed by atoms with Gasteiger partial charge >= 0.3 is 0 Å². The monoisotopic (exact) mass is 480 g/mol. The normalized spacial score (nSPS) is 18.0. The van der Waals surface area contributed by atoms with Crippen molar-refractivity contribution in [2.75, 3.05) is 0 Å². The molecule has 1 saturated carbocycles. The topological polar surface area (TPSA) is 9.23 Å². The molecule has 35 heavy (non-hydrogen) atoms. The van der Waals surface area contributed by atoms with Crippen molar-refractivity contribution in [3.8, 4) is 16.9 Å². The molecule has 0 bridgehead atoms. The maximum Gasteiger partial charge on any atom is 0.200 e. The Labute approximate surface area is 207 Å². The Hall–Kier alpha value is -2.75. The van der Waals surface area contributed by atoms with Crippen molar-refractivity contribution in [1.29, 1.82) is 0 Å². The van der Waals surface area contributed by atoms with Crippen LogP contribution in [0.15, 0.2) is 54.6 Å². The molecule has 1 aliphatic carbocycles. The first kappa shape index (κ1) is 25.3. The summed E-state index contributed by atoms with van der Waals surface area (Å²) in [5.74, 6) is -1.14. The first-order valence-corrected chi connectivity index (χ1v) is 13.0. The maximum atomic E-state index is 14.8. The number of unbranched alkanes of at least 4 members (excludes halogenated alkanes) is 1. The molecule has 0 aliphatic heterocycles.